The second kappa shape index (κ2) is 6.23. The topological polar surface area (TPSA) is 70.1 Å². The molecule has 0 spiro atoms. The number of methoxy groups -OCH3 is 1. The number of urea groups is 1. The average Bonchev–Trinajstić information content (AvgIpc) is 2.62. The minimum atomic E-state index is -1.02. The molecule has 2 aliphatic heterocycles. The molecule has 0 saturated carbocycles. The molecule has 0 radical (unpaired) electrons. The first-order chi connectivity index (χ1) is 9.13. The zero-order valence-electron chi connectivity index (χ0n) is 11.4. The van der Waals surface area contributed by atoms with Gasteiger partial charge in [0.15, 0.2) is 6.10 Å². The zero-order valence-corrected chi connectivity index (χ0v) is 11.4. The van der Waals surface area contributed by atoms with Crippen LogP contribution < -0.4 is 0 Å². The number of amides is 2. The van der Waals surface area contributed by atoms with Gasteiger partial charge in [-0.2, -0.15) is 0 Å². The summed E-state index contributed by atoms with van der Waals surface area (Å²) in [6.07, 6.45) is 4.68. The molecule has 0 bridgehead atoms. The third-order valence-corrected chi connectivity index (χ3v) is 4.02. The highest BCUT2D eigenvalue weighted by molar-refractivity contribution is 5.79. The van der Waals surface area contributed by atoms with Crippen LogP contribution in [0, 0.1) is 0 Å². The summed E-state index contributed by atoms with van der Waals surface area (Å²) in [7, 11) is 1.36. The van der Waals surface area contributed by atoms with Gasteiger partial charge in [-0.1, -0.05) is 19.3 Å². The van der Waals surface area contributed by atoms with Crippen molar-refractivity contribution in [1.82, 2.24) is 9.80 Å². The first-order valence-electron chi connectivity index (χ1n) is 6.94. The van der Waals surface area contributed by atoms with Crippen LogP contribution in [0.15, 0.2) is 0 Å². The molecule has 2 rings (SSSR count). The molecular formula is C13H22N2O4. The summed E-state index contributed by atoms with van der Waals surface area (Å²) in [6, 6.07) is 0.217. The second-order valence-electron chi connectivity index (χ2n) is 5.30. The summed E-state index contributed by atoms with van der Waals surface area (Å²) in [5, 5.41) is 8.99. The predicted octanol–water partition coefficient (Wildman–Crippen LogP) is 1.16. The van der Waals surface area contributed by atoms with Crippen LogP contribution in [0.25, 0.3) is 0 Å². The first kappa shape index (κ1) is 14.1. The Kier molecular flexibility index (Phi) is 4.63. The van der Waals surface area contributed by atoms with Crippen molar-refractivity contribution in [3.63, 3.8) is 0 Å². The normalized spacial score (nSPS) is 25.7. The number of carboxylic acids is 1. The van der Waals surface area contributed by atoms with Crippen LogP contribution in [0.1, 0.15) is 32.1 Å². The van der Waals surface area contributed by atoms with Crippen molar-refractivity contribution >= 4 is 12.0 Å². The Labute approximate surface area is 113 Å². The molecule has 108 valence electrons. The lowest BCUT2D eigenvalue weighted by molar-refractivity contribution is -0.149. The molecule has 0 aromatic carbocycles. The second-order valence-corrected chi connectivity index (χ2v) is 5.30. The highest BCUT2D eigenvalue weighted by Crippen LogP contribution is 2.24. The van der Waals surface area contributed by atoms with Crippen LogP contribution in [0.3, 0.4) is 0 Å². The Bertz CT molecular complexity index is 348. The maximum absolute atomic E-state index is 12.3. The number of ether oxygens (including phenoxy) is 1. The van der Waals surface area contributed by atoms with E-state index in [2.05, 4.69) is 0 Å². The summed E-state index contributed by atoms with van der Waals surface area (Å²) in [5.74, 6) is -1.02. The Hall–Kier alpha value is -1.30. The van der Waals surface area contributed by atoms with Crippen molar-refractivity contribution < 1.29 is 19.4 Å². The van der Waals surface area contributed by atoms with Crippen LogP contribution in [0.5, 0.6) is 0 Å². The molecule has 0 aromatic heterocycles. The molecule has 2 fully saturated rings. The van der Waals surface area contributed by atoms with E-state index in [1.807, 2.05) is 4.90 Å². The number of carboxylic acid groups (broad SMARTS) is 1. The van der Waals surface area contributed by atoms with Gasteiger partial charge in [-0.15, -0.1) is 0 Å². The molecule has 19 heavy (non-hydrogen) atoms. The van der Waals surface area contributed by atoms with Crippen molar-refractivity contribution in [2.75, 3.05) is 26.7 Å². The van der Waals surface area contributed by atoms with Crippen LogP contribution in [-0.4, -0.2) is 65.8 Å². The maximum atomic E-state index is 12.3. The van der Waals surface area contributed by atoms with Crippen molar-refractivity contribution in [2.45, 2.75) is 44.2 Å². The van der Waals surface area contributed by atoms with Crippen molar-refractivity contribution in [2.24, 2.45) is 0 Å². The summed E-state index contributed by atoms with van der Waals surface area (Å²) in [6.45, 7) is 1.56. The van der Waals surface area contributed by atoms with Gasteiger partial charge >= 0.3 is 12.0 Å². The monoisotopic (exact) mass is 270 g/mol. The molecule has 2 atom stereocenters. The van der Waals surface area contributed by atoms with Crippen molar-refractivity contribution in [1.29, 1.82) is 0 Å². The summed E-state index contributed by atoms with van der Waals surface area (Å²) < 4.78 is 4.91. The fourth-order valence-corrected chi connectivity index (χ4v) is 2.92. The number of fused-ring (bicyclic) bond motifs is 1. The van der Waals surface area contributed by atoms with E-state index in [-0.39, 0.29) is 18.6 Å². The van der Waals surface area contributed by atoms with Crippen LogP contribution in [0.2, 0.25) is 0 Å². The lowest BCUT2D eigenvalue weighted by Gasteiger charge is -2.25. The van der Waals surface area contributed by atoms with Gasteiger partial charge in [0.05, 0.1) is 12.6 Å². The van der Waals surface area contributed by atoms with E-state index in [1.165, 1.54) is 20.0 Å². The summed E-state index contributed by atoms with van der Waals surface area (Å²) in [4.78, 5) is 26.8. The Morgan fingerprint density at radius 1 is 1.42 bits per heavy atom. The van der Waals surface area contributed by atoms with Crippen LogP contribution >= 0.6 is 0 Å². The smallest absolute Gasteiger partial charge is 0.334 e. The van der Waals surface area contributed by atoms with E-state index < -0.39 is 12.1 Å². The number of hydrogen-bond donors (Lipinski definition) is 1. The third kappa shape index (κ3) is 3.18. The summed E-state index contributed by atoms with van der Waals surface area (Å²) in [5.41, 5.74) is 0. The van der Waals surface area contributed by atoms with E-state index in [4.69, 9.17) is 9.84 Å². The SMILES string of the molecule is COC(CN1CC2CCCCCCN2C1=O)C(=O)O. The van der Waals surface area contributed by atoms with E-state index in [1.54, 1.807) is 4.90 Å². The number of aliphatic carboxylic acids is 1. The Balaban J connectivity index is 1.99. The number of rotatable bonds is 4. The minimum absolute atomic E-state index is 0.0322. The molecule has 0 aliphatic carbocycles. The van der Waals surface area contributed by atoms with Gasteiger partial charge in [0.1, 0.15) is 0 Å². The molecule has 2 unspecified atom stereocenters. The lowest BCUT2D eigenvalue weighted by atomic mass is 10.0. The molecular weight excluding hydrogens is 248 g/mol. The highest BCUT2D eigenvalue weighted by Gasteiger charge is 2.38. The molecule has 2 amide bonds. The standard InChI is InChI=1S/C13H22N2O4/c1-19-11(12(16)17)9-14-8-10-6-4-2-3-5-7-15(10)13(14)18/h10-11H,2-9H2,1H3,(H,16,17). The largest absolute Gasteiger partial charge is 0.479 e. The number of carbonyl (C=O) groups is 2. The minimum Gasteiger partial charge on any atom is -0.479 e. The van der Waals surface area contributed by atoms with Gasteiger partial charge in [-0.25, -0.2) is 9.59 Å². The van der Waals surface area contributed by atoms with Gasteiger partial charge in [0.25, 0.3) is 0 Å². The zero-order chi connectivity index (χ0) is 13.8. The number of nitrogens with zero attached hydrogens (tertiary/aromatic N) is 2. The van der Waals surface area contributed by atoms with Crippen molar-refractivity contribution in [3.05, 3.63) is 0 Å². The molecule has 6 heteroatoms. The molecule has 2 aliphatic rings. The van der Waals surface area contributed by atoms with Crippen LogP contribution in [0.4, 0.5) is 4.79 Å². The quantitative estimate of drug-likeness (QED) is 0.832. The van der Waals surface area contributed by atoms with Crippen molar-refractivity contribution in [3.8, 4) is 0 Å². The maximum Gasteiger partial charge on any atom is 0.334 e. The molecule has 0 aromatic rings. The Morgan fingerprint density at radius 3 is 2.84 bits per heavy atom. The van der Waals surface area contributed by atoms with E-state index in [9.17, 15) is 9.59 Å². The molecule has 6 nitrogen and oxygen atoms in total. The van der Waals surface area contributed by atoms with Gasteiger partial charge in [0, 0.05) is 20.2 Å². The van der Waals surface area contributed by atoms with E-state index in [0.29, 0.717) is 6.54 Å². The number of hydrogen-bond acceptors (Lipinski definition) is 3. The molecule has 1 N–H and O–H groups in total. The molecule has 2 saturated heterocycles. The van der Waals surface area contributed by atoms with Crippen LogP contribution in [-0.2, 0) is 9.53 Å². The number of carbonyl (C=O) groups excluding carboxylic acids is 1. The molecule has 2 heterocycles. The van der Waals surface area contributed by atoms with E-state index in [0.717, 1.165) is 25.8 Å². The third-order valence-electron chi connectivity index (χ3n) is 4.02. The fraction of sp³-hybridized carbons (Fsp3) is 0.846. The first-order valence-corrected chi connectivity index (χ1v) is 6.94. The van der Waals surface area contributed by atoms with Gasteiger partial charge in [-0.05, 0) is 12.8 Å². The highest BCUT2D eigenvalue weighted by atomic mass is 16.5. The summed E-state index contributed by atoms with van der Waals surface area (Å²) >= 11 is 0. The Morgan fingerprint density at radius 2 is 2.16 bits per heavy atom. The predicted molar refractivity (Wildman–Crippen MR) is 69.0 cm³/mol. The van der Waals surface area contributed by atoms with Gasteiger partial charge < -0.3 is 19.6 Å². The van der Waals surface area contributed by atoms with Gasteiger partial charge in [0.2, 0.25) is 0 Å². The average molecular weight is 270 g/mol. The van der Waals surface area contributed by atoms with E-state index >= 15 is 0 Å². The lowest BCUT2D eigenvalue weighted by Crippen LogP contribution is -2.41. The fourth-order valence-electron chi connectivity index (χ4n) is 2.92. The van der Waals surface area contributed by atoms with Gasteiger partial charge in [-0.3, -0.25) is 0 Å².